The molecule has 0 atom stereocenters. The second kappa shape index (κ2) is 5.73. The van der Waals surface area contributed by atoms with E-state index in [1.165, 1.54) is 12.1 Å². The van der Waals surface area contributed by atoms with Gasteiger partial charge in [0.15, 0.2) is 11.6 Å². The molecular weight excluding hydrogens is 237 g/mol. The first-order valence-electron chi connectivity index (χ1n) is 4.36. The van der Waals surface area contributed by atoms with Crippen molar-refractivity contribution in [2.75, 3.05) is 0 Å². The monoisotopic (exact) mass is 246 g/mol. The van der Waals surface area contributed by atoms with Crippen molar-refractivity contribution in [2.45, 2.75) is 6.61 Å². The molecule has 1 rings (SSSR count). The zero-order valence-electron chi connectivity index (χ0n) is 8.48. The van der Waals surface area contributed by atoms with Crippen LogP contribution in [0.15, 0.2) is 28.4 Å². The summed E-state index contributed by atoms with van der Waals surface area (Å²) in [6.07, 6.45) is 0.980. The fourth-order valence-corrected chi connectivity index (χ4v) is 0.972. The standard InChI is InChI=1S/C9H9F3N4O/c10-7-5(4-15-16-9(13)14)2-1-3-6(7)17-8(11)12/h1-4,8H,(H4,13,14,16). The van der Waals surface area contributed by atoms with Crippen molar-refractivity contribution >= 4 is 12.2 Å². The fraction of sp³-hybridized carbons (Fsp3) is 0.111. The number of guanidine groups is 1. The Labute approximate surface area is 94.6 Å². The minimum absolute atomic E-state index is 0.0758. The molecule has 0 saturated heterocycles. The van der Waals surface area contributed by atoms with E-state index in [1.54, 1.807) is 0 Å². The Morgan fingerprint density at radius 2 is 2.06 bits per heavy atom. The van der Waals surface area contributed by atoms with Crippen molar-refractivity contribution in [3.8, 4) is 5.75 Å². The van der Waals surface area contributed by atoms with Crippen LogP contribution in [0.2, 0.25) is 0 Å². The molecular formula is C9H9F3N4O. The van der Waals surface area contributed by atoms with Gasteiger partial charge >= 0.3 is 6.61 Å². The van der Waals surface area contributed by atoms with Crippen molar-refractivity contribution in [3.63, 3.8) is 0 Å². The van der Waals surface area contributed by atoms with E-state index in [1.807, 2.05) is 0 Å². The quantitative estimate of drug-likeness (QED) is 0.472. The van der Waals surface area contributed by atoms with E-state index >= 15 is 0 Å². The maximum Gasteiger partial charge on any atom is 0.387 e. The van der Waals surface area contributed by atoms with Crippen LogP contribution < -0.4 is 16.2 Å². The zero-order valence-corrected chi connectivity index (χ0v) is 8.48. The van der Waals surface area contributed by atoms with Gasteiger partial charge < -0.3 is 16.2 Å². The van der Waals surface area contributed by atoms with Crippen LogP contribution >= 0.6 is 0 Å². The second-order valence-corrected chi connectivity index (χ2v) is 2.81. The molecule has 0 aliphatic heterocycles. The lowest BCUT2D eigenvalue weighted by Crippen LogP contribution is -2.21. The van der Waals surface area contributed by atoms with E-state index in [9.17, 15) is 13.2 Å². The van der Waals surface area contributed by atoms with Gasteiger partial charge in [-0.3, -0.25) is 0 Å². The van der Waals surface area contributed by atoms with E-state index in [0.717, 1.165) is 12.3 Å². The largest absolute Gasteiger partial charge is 0.432 e. The van der Waals surface area contributed by atoms with Crippen LogP contribution in [0.1, 0.15) is 5.56 Å². The van der Waals surface area contributed by atoms with Gasteiger partial charge in [-0.2, -0.15) is 13.9 Å². The maximum atomic E-state index is 13.5. The Morgan fingerprint density at radius 3 is 2.65 bits per heavy atom. The highest BCUT2D eigenvalue weighted by molar-refractivity contribution is 5.82. The second-order valence-electron chi connectivity index (χ2n) is 2.81. The van der Waals surface area contributed by atoms with Gasteiger partial charge in [0.05, 0.1) is 6.21 Å². The molecule has 8 heteroatoms. The van der Waals surface area contributed by atoms with Gasteiger partial charge in [0.25, 0.3) is 0 Å². The lowest BCUT2D eigenvalue weighted by atomic mass is 10.2. The summed E-state index contributed by atoms with van der Waals surface area (Å²) in [6.45, 7) is -3.10. The number of benzene rings is 1. The highest BCUT2D eigenvalue weighted by Gasteiger charge is 2.11. The van der Waals surface area contributed by atoms with Gasteiger partial charge in [-0.15, -0.1) is 5.10 Å². The zero-order chi connectivity index (χ0) is 12.8. The summed E-state index contributed by atoms with van der Waals surface area (Å²) in [5, 5.41) is 6.59. The summed E-state index contributed by atoms with van der Waals surface area (Å²) in [5.41, 5.74) is 9.90. The third kappa shape index (κ3) is 4.01. The normalized spacial score (nSPS) is 10.8. The number of nitrogens with zero attached hydrogens (tertiary/aromatic N) is 2. The highest BCUT2D eigenvalue weighted by Crippen LogP contribution is 2.21. The van der Waals surface area contributed by atoms with Gasteiger partial charge in [-0.1, -0.05) is 12.1 Å². The first-order valence-corrected chi connectivity index (χ1v) is 4.36. The van der Waals surface area contributed by atoms with Crippen LogP contribution in [0, 0.1) is 5.82 Å². The van der Waals surface area contributed by atoms with E-state index in [2.05, 4.69) is 14.9 Å². The van der Waals surface area contributed by atoms with Crippen molar-refractivity contribution in [1.82, 2.24) is 0 Å². The molecule has 0 aliphatic carbocycles. The average Bonchev–Trinajstić information content (AvgIpc) is 2.22. The Bertz CT molecular complexity index is 444. The smallest absolute Gasteiger partial charge is 0.387 e. The molecule has 0 unspecified atom stereocenters. The molecule has 92 valence electrons. The lowest BCUT2D eigenvalue weighted by molar-refractivity contribution is -0.0521. The van der Waals surface area contributed by atoms with Crippen molar-refractivity contribution in [1.29, 1.82) is 0 Å². The Hall–Kier alpha value is -2.25. The molecule has 17 heavy (non-hydrogen) atoms. The van der Waals surface area contributed by atoms with Crippen LogP contribution in [0.25, 0.3) is 0 Å². The summed E-state index contributed by atoms with van der Waals surface area (Å²) in [4.78, 5) is 0. The molecule has 0 bridgehead atoms. The van der Waals surface area contributed by atoms with Crippen LogP contribution in [0.5, 0.6) is 5.75 Å². The Balaban J connectivity index is 2.94. The number of hydrogen-bond donors (Lipinski definition) is 2. The molecule has 1 aromatic carbocycles. The fourth-order valence-electron chi connectivity index (χ4n) is 0.972. The number of hydrogen-bond acceptors (Lipinski definition) is 3. The SMILES string of the molecule is NC(N)=NN=Cc1cccc(OC(F)F)c1F. The van der Waals surface area contributed by atoms with E-state index in [4.69, 9.17) is 11.5 Å². The predicted molar refractivity (Wildman–Crippen MR) is 56.4 cm³/mol. The summed E-state index contributed by atoms with van der Waals surface area (Å²) >= 11 is 0. The molecule has 4 N–H and O–H groups in total. The summed E-state index contributed by atoms with van der Waals surface area (Å²) in [5.74, 6) is -1.85. The van der Waals surface area contributed by atoms with Crippen LogP contribution in [0.3, 0.4) is 0 Å². The number of halogens is 3. The van der Waals surface area contributed by atoms with E-state index in [0.29, 0.717) is 0 Å². The summed E-state index contributed by atoms with van der Waals surface area (Å²) in [6, 6.07) is 3.70. The van der Waals surface area contributed by atoms with Crippen LogP contribution in [0.4, 0.5) is 13.2 Å². The van der Waals surface area contributed by atoms with Gasteiger partial charge in [0.1, 0.15) is 0 Å². The molecule has 0 heterocycles. The molecule has 0 amide bonds. The molecule has 0 saturated carbocycles. The average molecular weight is 246 g/mol. The molecule has 0 fully saturated rings. The molecule has 5 nitrogen and oxygen atoms in total. The first-order chi connectivity index (χ1) is 8.00. The predicted octanol–water partition coefficient (Wildman–Crippen LogP) is 1.03. The van der Waals surface area contributed by atoms with Gasteiger partial charge in [-0.05, 0) is 6.07 Å². The van der Waals surface area contributed by atoms with Crippen LogP contribution in [-0.2, 0) is 0 Å². The number of ether oxygens (including phenoxy) is 1. The van der Waals surface area contributed by atoms with Crippen molar-refractivity contribution < 1.29 is 17.9 Å². The molecule has 0 radical (unpaired) electrons. The molecule has 0 aromatic heterocycles. The lowest BCUT2D eigenvalue weighted by Gasteiger charge is -2.06. The third-order valence-corrected chi connectivity index (χ3v) is 1.58. The molecule has 0 spiro atoms. The highest BCUT2D eigenvalue weighted by atomic mass is 19.3. The number of nitrogens with two attached hydrogens (primary N) is 2. The molecule has 0 aliphatic rings. The van der Waals surface area contributed by atoms with Gasteiger partial charge in [0.2, 0.25) is 5.96 Å². The Morgan fingerprint density at radius 1 is 1.35 bits per heavy atom. The van der Waals surface area contributed by atoms with E-state index in [-0.39, 0.29) is 11.5 Å². The summed E-state index contributed by atoms with van der Waals surface area (Å²) in [7, 11) is 0. The maximum absolute atomic E-state index is 13.5. The third-order valence-electron chi connectivity index (χ3n) is 1.58. The minimum Gasteiger partial charge on any atom is -0.432 e. The summed E-state index contributed by atoms with van der Waals surface area (Å²) < 4.78 is 41.3. The van der Waals surface area contributed by atoms with E-state index < -0.39 is 18.2 Å². The topological polar surface area (TPSA) is 86.0 Å². The molecule has 1 aromatic rings. The van der Waals surface area contributed by atoms with Crippen LogP contribution in [-0.4, -0.2) is 18.8 Å². The minimum atomic E-state index is -3.10. The Kier molecular flexibility index (Phi) is 4.32. The van der Waals surface area contributed by atoms with Gasteiger partial charge in [0, 0.05) is 5.56 Å². The number of alkyl halides is 2. The van der Waals surface area contributed by atoms with Crippen molar-refractivity contribution in [2.24, 2.45) is 21.7 Å². The number of rotatable bonds is 4. The van der Waals surface area contributed by atoms with Crippen molar-refractivity contribution in [3.05, 3.63) is 29.6 Å². The first kappa shape index (κ1) is 12.8. The van der Waals surface area contributed by atoms with Gasteiger partial charge in [-0.25, -0.2) is 4.39 Å².